The van der Waals surface area contributed by atoms with Gasteiger partial charge < -0.3 is 10.2 Å². The van der Waals surface area contributed by atoms with Gasteiger partial charge in [-0.25, -0.2) is 0 Å². The molecular formula is C12H15NO. The summed E-state index contributed by atoms with van der Waals surface area (Å²) >= 11 is 0. The van der Waals surface area contributed by atoms with Crippen molar-refractivity contribution in [2.75, 3.05) is 6.54 Å². The summed E-state index contributed by atoms with van der Waals surface area (Å²) in [6.45, 7) is 2.83. The van der Waals surface area contributed by atoms with Crippen LogP contribution in [0.1, 0.15) is 17.5 Å². The van der Waals surface area contributed by atoms with Crippen LogP contribution in [0.3, 0.4) is 0 Å². The fourth-order valence-electron chi connectivity index (χ4n) is 1.68. The zero-order valence-electron chi connectivity index (χ0n) is 8.42. The Morgan fingerprint density at radius 1 is 1.36 bits per heavy atom. The summed E-state index contributed by atoms with van der Waals surface area (Å²) in [5.74, 6) is 0. The molecule has 2 rings (SSSR count). The van der Waals surface area contributed by atoms with Crippen molar-refractivity contribution in [2.45, 2.75) is 19.8 Å². The van der Waals surface area contributed by atoms with E-state index in [0.29, 0.717) is 0 Å². The fourth-order valence-corrected chi connectivity index (χ4v) is 1.68. The van der Waals surface area contributed by atoms with Gasteiger partial charge in [0.25, 0.3) is 0 Å². The molecule has 14 heavy (non-hydrogen) atoms. The van der Waals surface area contributed by atoms with E-state index >= 15 is 0 Å². The average Bonchev–Trinajstić information content (AvgIpc) is 2.57. The Labute approximate surface area is 83.7 Å². The lowest BCUT2D eigenvalue weighted by molar-refractivity contribution is 0.609. The van der Waals surface area contributed by atoms with Crippen LogP contribution >= 0.6 is 0 Å². The van der Waals surface area contributed by atoms with E-state index < -0.39 is 0 Å². The van der Waals surface area contributed by atoms with Gasteiger partial charge in [0.05, 0.1) is 6.26 Å². The highest BCUT2D eigenvalue weighted by atomic mass is 16.3. The van der Waals surface area contributed by atoms with E-state index in [-0.39, 0.29) is 0 Å². The molecule has 2 aromatic rings. The number of hydrogen-bond donors (Lipinski definition) is 1. The SMILES string of the molecule is Cc1ccc2occ(CCCN)c2c1. The van der Waals surface area contributed by atoms with Gasteiger partial charge in [-0.1, -0.05) is 11.6 Å². The van der Waals surface area contributed by atoms with Crippen LogP contribution in [0.25, 0.3) is 11.0 Å². The second-order valence-electron chi connectivity index (χ2n) is 3.65. The zero-order valence-corrected chi connectivity index (χ0v) is 8.42. The summed E-state index contributed by atoms with van der Waals surface area (Å²) < 4.78 is 5.46. The molecule has 0 unspecified atom stereocenters. The molecule has 0 bridgehead atoms. The van der Waals surface area contributed by atoms with E-state index in [9.17, 15) is 0 Å². The third kappa shape index (κ3) is 1.66. The first-order valence-electron chi connectivity index (χ1n) is 4.98. The molecule has 2 nitrogen and oxygen atoms in total. The van der Waals surface area contributed by atoms with Crippen molar-refractivity contribution in [3.05, 3.63) is 35.6 Å². The highest BCUT2D eigenvalue weighted by Crippen LogP contribution is 2.23. The Balaban J connectivity index is 2.40. The first-order valence-corrected chi connectivity index (χ1v) is 4.98. The summed E-state index contributed by atoms with van der Waals surface area (Å²) in [5.41, 5.74) is 9.01. The van der Waals surface area contributed by atoms with Crippen LogP contribution in [0.2, 0.25) is 0 Å². The van der Waals surface area contributed by atoms with Crippen LogP contribution in [0.4, 0.5) is 0 Å². The highest BCUT2D eigenvalue weighted by molar-refractivity contribution is 5.81. The van der Waals surface area contributed by atoms with Crippen LogP contribution < -0.4 is 5.73 Å². The maximum atomic E-state index is 5.49. The van der Waals surface area contributed by atoms with Crippen LogP contribution in [0.15, 0.2) is 28.9 Å². The van der Waals surface area contributed by atoms with Crippen LogP contribution in [-0.2, 0) is 6.42 Å². The topological polar surface area (TPSA) is 39.2 Å². The number of fused-ring (bicyclic) bond motifs is 1. The molecule has 0 fully saturated rings. The van der Waals surface area contributed by atoms with Crippen LogP contribution in [0, 0.1) is 6.92 Å². The van der Waals surface area contributed by atoms with E-state index in [2.05, 4.69) is 19.1 Å². The van der Waals surface area contributed by atoms with E-state index in [1.54, 1.807) is 0 Å². The van der Waals surface area contributed by atoms with Gasteiger partial charge in [0.1, 0.15) is 5.58 Å². The molecule has 0 aliphatic carbocycles. The Morgan fingerprint density at radius 3 is 3.00 bits per heavy atom. The minimum absolute atomic E-state index is 0.735. The van der Waals surface area contributed by atoms with Gasteiger partial charge >= 0.3 is 0 Å². The predicted molar refractivity (Wildman–Crippen MR) is 58.3 cm³/mol. The van der Waals surface area contributed by atoms with E-state index in [1.807, 2.05) is 12.3 Å². The molecule has 0 atom stereocenters. The molecule has 0 saturated carbocycles. The van der Waals surface area contributed by atoms with E-state index in [0.717, 1.165) is 25.0 Å². The van der Waals surface area contributed by atoms with Crippen molar-refractivity contribution in [1.82, 2.24) is 0 Å². The number of benzene rings is 1. The van der Waals surface area contributed by atoms with Gasteiger partial charge in [0, 0.05) is 5.39 Å². The van der Waals surface area contributed by atoms with Crippen molar-refractivity contribution in [3.8, 4) is 0 Å². The first kappa shape index (κ1) is 9.28. The van der Waals surface area contributed by atoms with E-state index in [1.165, 1.54) is 16.5 Å². The standard InChI is InChI=1S/C12H15NO/c1-9-4-5-12-11(7-9)10(8-14-12)3-2-6-13/h4-5,7-8H,2-3,6,13H2,1H3. The monoisotopic (exact) mass is 189 g/mol. The first-order chi connectivity index (χ1) is 6.81. The lowest BCUT2D eigenvalue weighted by Crippen LogP contribution is -1.99. The molecule has 0 aliphatic rings. The number of aryl methyl sites for hydroxylation is 2. The third-order valence-corrected chi connectivity index (χ3v) is 2.46. The Hall–Kier alpha value is -1.28. The average molecular weight is 189 g/mol. The lowest BCUT2D eigenvalue weighted by atomic mass is 10.1. The largest absolute Gasteiger partial charge is 0.464 e. The van der Waals surface area contributed by atoms with Crippen molar-refractivity contribution < 1.29 is 4.42 Å². The second kappa shape index (κ2) is 3.84. The van der Waals surface area contributed by atoms with Gasteiger partial charge in [-0.15, -0.1) is 0 Å². The maximum absolute atomic E-state index is 5.49. The van der Waals surface area contributed by atoms with Gasteiger partial charge in [0.15, 0.2) is 0 Å². The molecule has 1 aromatic carbocycles. The van der Waals surface area contributed by atoms with Gasteiger partial charge in [0.2, 0.25) is 0 Å². The van der Waals surface area contributed by atoms with Gasteiger partial charge in [-0.05, 0) is 44.0 Å². The summed E-state index contributed by atoms with van der Waals surface area (Å²) in [4.78, 5) is 0. The number of rotatable bonds is 3. The molecule has 0 amide bonds. The lowest BCUT2D eigenvalue weighted by Gasteiger charge is -1.96. The van der Waals surface area contributed by atoms with Crippen molar-refractivity contribution in [1.29, 1.82) is 0 Å². The molecule has 1 aromatic heterocycles. The summed E-state index contributed by atoms with van der Waals surface area (Å²) in [7, 11) is 0. The molecule has 74 valence electrons. The normalized spacial score (nSPS) is 11.0. The van der Waals surface area contributed by atoms with Crippen molar-refractivity contribution >= 4 is 11.0 Å². The Bertz CT molecular complexity index is 431. The zero-order chi connectivity index (χ0) is 9.97. The Kier molecular flexibility index (Phi) is 2.55. The summed E-state index contributed by atoms with van der Waals surface area (Å²) in [6, 6.07) is 6.26. The minimum Gasteiger partial charge on any atom is -0.464 e. The molecule has 0 spiro atoms. The minimum atomic E-state index is 0.735. The Morgan fingerprint density at radius 2 is 2.21 bits per heavy atom. The molecule has 2 heteroatoms. The third-order valence-electron chi connectivity index (χ3n) is 2.46. The molecule has 0 radical (unpaired) electrons. The quantitative estimate of drug-likeness (QED) is 0.806. The van der Waals surface area contributed by atoms with Crippen LogP contribution in [-0.4, -0.2) is 6.54 Å². The molecule has 1 heterocycles. The molecule has 2 N–H and O–H groups in total. The number of furan rings is 1. The van der Waals surface area contributed by atoms with Crippen molar-refractivity contribution in [2.24, 2.45) is 5.73 Å². The van der Waals surface area contributed by atoms with Gasteiger partial charge in [-0.3, -0.25) is 0 Å². The van der Waals surface area contributed by atoms with Crippen molar-refractivity contribution in [3.63, 3.8) is 0 Å². The maximum Gasteiger partial charge on any atom is 0.134 e. The molecular weight excluding hydrogens is 174 g/mol. The fraction of sp³-hybridized carbons (Fsp3) is 0.333. The van der Waals surface area contributed by atoms with E-state index in [4.69, 9.17) is 10.2 Å². The van der Waals surface area contributed by atoms with Gasteiger partial charge in [-0.2, -0.15) is 0 Å². The number of nitrogens with two attached hydrogens (primary N) is 1. The molecule has 0 aliphatic heterocycles. The number of hydrogen-bond acceptors (Lipinski definition) is 2. The summed E-state index contributed by atoms with van der Waals surface area (Å²) in [6.07, 6.45) is 3.87. The smallest absolute Gasteiger partial charge is 0.134 e. The highest BCUT2D eigenvalue weighted by Gasteiger charge is 2.04. The predicted octanol–water partition coefficient (Wildman–Crippen LogP) is 2.63. The summed E-state index contributed by atoms with van der Waals surface area (Å²) in [5, 5.41) is 1.23. The second-order valence-corrected chi connectivity index (χ2v) is 3.65. The molecule has 0 saturated heterocycles. The van der Waals surface area contributed by atoms with Crippen LogP contribution in [0.5, 0.6) is 0 Å².